The Balaban J connectivity index is 0.000000527. The molecule has 1 fully saturated rings. The predicted octanol–water partition coefficient (Wildman–Crippen LogP) is 0.875. The van der Waals surface area contributed by atoms with Crippen molar-refractivity contribution < 1.29 is 29.3 Å². The van der Waals surface area contributed by atoms with Gasteiger partial charge in [0, 0.05) is 26.1 Å². The van der Waals surface area contributed by atoms with Crippen molar-refractivity contribution in [3.63, 3.8) is 0 Å². The van der Waals surface area contributed by atoms with Gasteiger partial charge in [-0.25, -0.2) is 14.4 Å². The second-order valence-electron chi connectivity index (χ2n) is 6.39. The summed E-state index contributed by atoms with van der Waals surface area (Å²) in [4.78, 5) is 34.1. The van der Waals surface area contributed by atoms with Crippen LogP contribution < -0.4 is 10.1 Å². The van der Waals surface area contributed by atoms with Gasteiger partial charge in [-0.3, -0.25) is 0 Å². The molecule has 1 atom stereocenters. The summed E-state index contributed by atoms with van der Waals surface area (Å²) >= 11 is 0. The molecule has 1 saturated heterocycles. The van der Waals surface area contributed by atoms with Crippen LogP contribution >= 0.6 is 0 Å². The summed E-state index contributed by atoms with van der Waals surface area (Å²) < 4.78 is 6.00. The number of aliphatic carboxylic acids is 2. The normalized spacial score (nSPS) is 15.7. The molecule has 0 saturated carbocycles. The molecule has 0 aromatic heterocycles. The molecule has 3 N–H and O–H groups in total. The topological polar surface area (TPSA) is 119 Å². The Labute approximate surface area is 158 Å². The summed E-state index contributed by atoms with van der Waals surface area (Å²) in [7, 11) is 3.99. The largest absolute Gasteiger partial charge is 0.488 e. The maximum absolute atomic E-state index is 12.0. The molecule has 9 heteroatoms. The molecule has 1 aliphatic rings. The van der Waals surface area contributed by atoms with Crippen LogP contribution in [0.2, 0.25) is 0 Å². The molecule has 150 valence electrons. The zero-order valence-corrected chi connectivity index (χ0v) is 15.8. The van der Waals surface area contributed by atoms with E-state index < -0.39 is 11.9 Å². The van der Waals surface area contributed by atoms with E-state index in [-0.39, 0.29) is 12.1 Å². The fraction of sp³-hybridized carbons (Fsp3) is 0.500. The Bertz CT molecular complexity index is 638. The fourth-order valence-electron chi connectivity index (χ4n) is 2.38. The van der Waals surface area contributed by atoms with Crippen molar-refractivity contribution in [1.82, 2.24) is 15.1 Å². The molecule has 2 rings (SSSR count). The van der Waals surface area contributed by atoms with Crippen LogP contribution in [-0.2, 0) is 9.59 Å². The number of ether oxygens (including phenoxy) is 1. The van der Waals surface area contributed by atoms with Crippen molar-refractivity contribution in [2.24, 2.45) is 0 Å². The number of nitrogens with one attached hydrogen (secondary N) is 1. The van der Waals surface area contributed by atoms with E-state index in [4.69, 9.17) is 24.5 Å². The van der Waals surface area contributed by atoms with E-state index in [0.717, 1.165) is 30.8 Å². The minimum absolute atomic E-state index is 0.00716. The molecule has 0 aliphatic carbocycles. The first-order valence-corrected chi connectivity index (χ1v) is 8.56. The highest BCUT2D eigenvalue weighted by Gasteiger charge is 2.27. The summed E-state index contributed by atoms with van der Waals surface area (Å²) in [5.74, 6) is -2.73. The smallest absolute Gasteiger partial charge is 0.414 e. The number of carboxylic acid groups (broad SMARTS) is 2. The van der Waals surface area contributed by atoms with Gasteiger partial charge in [-0.2, -0.15) is 0 Å². The monoisotopic (exact) mass is 381 g/mol. The zero-order valence-electron chi connectivity index (χ0n) is 15.8. The van der Waals surface area contributed by atoms with Crippen LogP contribution in [0, 0.1) is 6.92 Å². The van der Waals surface area contributed by atoms with Gasteiger partial charge >= 0.3 is 18.0 Å². The number of hydrogen-bond acceptors (Lipinski definition) is 5. The van der Waals surface area contributed by atoms with Crippen molar-refractivity contribution in [3.8, 4) is 5.75 Å². The Kier molecular flexibility index (Phi) is 9.07. The average molecular weight is 381 g/mol. The first kappa shape index (κ1) is 22.2. The Hall–Kier alpha value is -2.81. The molecule has 1 heterocycles. The average Bonchev–Trinajstić information content (AvgIpc) is 3.06. The first-order chi connectivity index (χ1) is 12.7. The number of carbonyl (C=O) groups is 3. The Morgan fingerprint density at radius 1 is 1.22 bits per heavy atom. The number of benzene rings is 1. The van der Waals surface area contributed by atoms with Crippen LogP contribution in [-0.4, -0.2) is 84.4 Å². The minimum Gasteiger partial charge on any atom is -0.488 e. The van der Waals surface area contributed by atoms with Crippen molar-refractivity contribution >= 4 is 18.0 Å². The summed E-state index contributed by atoms with van der Waals surface area (Å²) in [5.41, 5.74) is 1.13. The third-order valence-corrected chi connectivity index (χ3v) is 3.84. The maximum atomic E-state index is 12.0. The Morgan fingerprint density at radius 2 is 1.85 bits per heavy atom. The van der Waals surface area contributed by atoms with E-state index in [1.807, 2.05) is 55.1 Å². The van der Waals surface area contributed by atoms with Crippen LogP contribution in [0.3, 0.4) is 0 Å². The van der Waals surface area contributed by atoms with Gasteiger partial charge in [0.2, 0.25) is 0 Å². The molecule has 0 bridgehead atoms. The van der Waals surface area contributed by atoms with E-state index in [0.29, 0.717) is 13.1 Å². The molecule has 9 nitrogen and oxygen atoms in total. The molecule has 27 heavy (non-hydrogen) atoms. The number of nitrogens with zero attached hydrogens (tertiary/aromatic N) is 2. The molecular formula is C18H27N3O6. The van der Waals surface area contributed by atoms with Gasteiger partial charge in [0.1, 0.15) is 11.9 Å². The van der Waals surface area contributed by atoms with Crippen molar-refractivity contribution in [3.05, 3.63) is 29.8 Å². The van der Waals surface area contributed by atoms with Gasteiger partial charge in [0.25, 0.3) is 0 Å². The lowest BCUT2D eigenvalue weighted by atomic mass is 10.2. The third-order valence-electron chi connectivity index (χ3n) is 3.84. The second-order valence-corrected chi connectivity index (χ2v) is 6.39. The molecule has 1 aromatic rings. The number of likely N-dealkylation sites (N-methyl/N-ethyl adjacent to an activating group) is 1. The highest BCUT2D eigenvalue weighted by atomic mass is 16.5. The van der Waals surface area contributed by atoms with Gasteiger partial charge in [0.15, 0.2) is 0 Å². The number of carbonyl (C=O) groups excluding carboxylic acids is 1. The lowest BCUT2D eigenvalue weighted by molar-refractivity contribution is -0.159. The lowest BCUT2D eigenvalue weighted by Gasteiger charge is -2.19. The van der Waals surface area contributed by atoms with Crippen LogP contribution in [0.1, 0.15) is 12.0 Å². The standard InChI is InChI=1S/C16H25N3O2.C2H2O4/c1-13-6-4-5-7-15(13)21-14-8-10-19(12-14)16(20)17-9-11-18(2)3;3-1(4)2(5)6/h4-7,14H,8-12H2,1-3H3,(H,17,20);(H,3,4)(H,5,6). The van der Waals surface area contributed by atoms with E-state index in [2.05, 4.69) is 5.32 Å². The van der Waals surface area contributed by atoms with Gasteiger partial charge in [-0.05, 0) is 32.6 Å². The highest BCUT2D eigenvalue weighted by Crippen LogP contribution is 2.21. The third kappa shape index (κ3) is 8.41. The summed E-state index contributed by atoms with van der Waals surface area (Å²) in [6, 6.07) is 8.00. The number of rotatable bonds is 5. The predicted molar refractivity (Wildman–Crippen MR) is 99.0 cm³/mol. The summed E-state index contributed by atoms with van der Waals surface area (Å²) in [5, 5.41) is 17.7. The second kappa shape index (κ2) is 11.0. The van der Waals surface area contributed by atoms with Gasteiger partial charge in [0.05, 0.1) is 6.54 Å². The van der Waals surface area contributed by atoms with Crippen LogP contribution in [0.4, 0.5) is 4.79 Å². The van der Waals surface area contributed by atoms with Crippen molar-refractivity contribution in [1.29, 1.82) is 0 Å². The van der Waals surface area contributed by atoms with Crippen LogP contribution in [0.15, 0.2) is 24.3 Å². The molecule has 0 spiro atoms. The lowest BCUT2D eigenvalue weighted by Crippen LogP contribution is -2.41. The summed E-state index contributed by atoms with van der Waals surface area (Å²) in [6.07, 6.45) is 0.973. The van der Waals surface area contributed by atoms with Gasteiger partial charge in [-0.15, -0.1) is 0 Å². The molecule has 2 amide bonds. The Morgan fingerprint density at radius 3 is 2.41 bits per heavy atom. The van der Waals surface area contributed by atoms with Gasteiger partial charge in [-0.1, -0.05) is 18.2 Å². The maximum Gasteiger partial charge on any atom is 0.414 e. The number of para-hydroxylation sites is 1. The van der Waals surface area contributed by atoms with E-state index >= 15 is 0 Å². The number of urea groups is 1. The summed E-state index contributed by atoms with van der Waals surface area (Å²) in [6.45, 7) is 4.97. The zero-order chi connectivity index (χ0) is 20.4. The fourth-order valence-corrected chi connectivity index (χ4v) is 2.38. The van der Waals surface area contributed by atoms with Gasteiger partial charge < -0.3 is 30.1 Å². The van der Waals surface area contributed by atoms with E-state index in [9.17, 15) is 4.79 Å². The van der Waals surface area contributed by atoms with Crippen LogP contribution in [0.25, 0.3) is 0 Å². The van der Waals surface area contributed by atoms with Crippen molar-refractivity contribution in [2.75, 3.05) is 40.3 Å². The molecule has 1 aromatic carbocycles. The minimum atomic E-state index is -1.82. The molecule has 1 unspecified atom stereocenters. The number of amides is 2. The SMILES string of the molecule is Cc1ccccc1OC1CCN(C(=O)NCCN(C)C)C1.O=C(O)C(=O)O. The van der Waals surface area contributed by atoms with Crippen molar-refractivity contribution in [2.45, 2.75) is 19.4 Å². The van der Waals surface area contributed by atoms with E-state index in [1.54, 1.807) is 0 Å². The molecule has 0 radical (unpaired) electrons. The number of hydrogen-bond donors (Lipinski definition) is 3. The number of carboxylic acids is 2. The quantitative estimate of drug-likeness (QED) is 0.648. The first-order valence-electron chi connectivity index (χ1n) is 8.56. The molecule has 1 aliphatic heterocycles. The number of aryl methyl sites for hydroxylation is 1. The van der Waals surface area contributed by atoms with E-state index in [1.165, 1.54) is 0 Å². The molecular weight excluding hydrogens is 354 g/mol. The number of likely N-dealkylation sites (tertiary alicyclic amines) is 1. The highest BCUT2D eigenvalue weighted by molar-refractivity contribution is 6.27. The van der Waals surface area contributed by atoms with Crippen LogP contribution in [0.5, 0.6) is 5.75 Å².